The minimum atomic E-state index is -0.162. The summed E-state index contributed by atoms with van der Waals surface area (Å²) in [7, 11) is 0. The number of aromatic nitrogens is 2. The van der Waals surface area contributed by atoms with E-state index in [9.17, 15) is 4.79 Å². The van der Waals surface area contributed by atoms with Crippen LogP contribution < -0.4 is 11.1 Å². The number of rotatable bonds is 6. The van der Waals surface area contributed by atoms with Crippen molar-refractivity contribution in [3.8, 4) is 0 Å². The average molecular weight is 369 g/mol. The number of carbonyl (C=O) groups is 1. The molecule has 0 aliphatic carbocycles. The summed E-state index contributed by atoms with van der Waals surface area (Å²) < 4.78 is 0. The predicted octanol–water partition coefficient (Wildman–Crippen LogP) is 2.44. The first-order chi connectivity index (χ1) is 9.22. The topological polar surface area (TPSA) is 80.9 Å². The van der Waals surface area contributed by atoms with Crippen molar-refractivity contribution in [2.75, 3.05) is 6.54 Å². The molecule has 5 nitrogen and oxygen atoms in total. The van der Waals surface area contributed by atoms with Crippen LogP contribution in [0.2, 0.25) is 0 Å². The lowest BCUT2D eigenvalue weighted by Crippen LogP contribution is -2.23. The first kappa shape index (κ1) is 20.3. The molecule has 0 saturated carbocycles. The minimum Gasteiger partial charge on any atom is -0.345 e. The van der Waals surface area contributed by atoms with Crippen LogP contribution >= 0.6 is 47.5 Å². The van der Waals surface area contributed by atoms with Gasteiger partial charge in [-0.15, -0.1) is 47.5 Å². The lowest BCUT2D eigenvalue weighted by Gasteiger charge is -1.99. The Balaban J connectivity index is 0.00000200. The second-order valence-electron chi connectivity index (χ2n) is 3.93. The van der Waals surface area contributed by atoms with Crippen molar-refractivity contribution < 1.29 is 4.79 Å². The van der Waals surface area contributed by atoms with E-state index >= 15 is 0 Å². The van der Waals surface area contributed by atoms with Gasteiger partial charge in [0.25, 0.3) is 5.91 Å². The van der Waals surface area contributed by atoms with Crippen molar-refractivity contribution in [3.63, 3.8) is 0 Å². The molecule has 9 heteroatoms. The number of hydrogen-bond donors (Lipinski definition) is 2. The summed E-state index contributed by atoms with van der Waals surface area (Å²) in [5.74, 6) is -0.162. The van der Waals surface area contributed by atoms with E-state index in [4.69, 9.17) is 5.73 Å². The van der Waals surface area contributed by atoms with Gasteiger partial charge in [0.2, 0.25) is 0 Å². The maximum atomic E-state index is 11.9. The monoisotopic (exact) mass is 368 g/mol. The third kappa shape index (κ3) is 5.88. The molecule has 1 amide bonds. The molecule has 118 valence electrons. The third-order valence-electron chi connectivity index (χ3n) is 2.47. The Morgan fingerprint density at radius 1 is 1.24 bits per heavy atom. The minimum absolute atomic E-state index is 0. The Labute approximate surface area is 144 Å². The molecule has 0 radical (unpaired) electrons. The van der Waals surface area contributed by atoms with Gasteiger partial charge in [-0.1, -0.05) is 6.92 Å². The van der Waals surface area contributed by atoms with Crippen molar-refractivity contribution in [1.82, 2.24) is 15.3 Å². The van der Waals surface area contributed by atoms with Gasteiger partial charge in [0, 0.05) is 17.2 Å². The van der Waals surface area contributed by atoms with Crippen LogP contribution in [0.1, 0.15) is 33.1 Å². The van der Waals surface area contributed by atoms with Crippen LogP contribution in [0.4, 0.5) is 0 Å². The predicted molar refractivity (Wildman–Crippen MR) is 92.0 cm³/mol. The van der Waals surface area contributed by atoms with E-state index in [0.29, 0.717) is 25.2 Å². The Morgan fingerprint density at radius 2 is 1.95 bits per heavy atom. The maximum Gasteiger partial charge on any atom is 0.271 e. The highest BCUT2D eigenvalue weighted by molar-refractivity contribution is 7.10. The van der Waals surface area contributed by atoms with Crippen molar-refractivity contribution in [1.29, 1.82) is 0 Å². The summed E-state index contributed by atoms with van der Waals surface area (Å²) in [6, 6.07) is 0. The molecule has 0 bridgehead atoms. The van der Waals surface area contributed by atoms with Gasteiger partial charge in [-0.05, 0) is 13.0 Å². The van der Waals surface area contributed by atoms with Gasteiger partial charge in [-0.25, -0.2) is 9.97 Å². The van der Waals surface area contributed by atoms with E-state index in [-0.39, 0.29) is 30.7 Å². The van der Waals surface area contributed by atoms with Crippen LogP contribution in [0.15, 0.2) is 10.8 Å². The number of thiazole rings is 2. The molecular weight excluding hydrogens is 351 g/mol. The molecule has 2 aromatic rings. The molecule has 2 aromatic heterocycles. The number of carbonyl (C=O) groups excluding carboxylic acids is 1. The SMILES string of the molecule is CCc1nc(CNC(=O)c2csc(CCN)n2)cs1.Cl.Cl. The second-order valence-corrected chi connectivity index (χ2v) is 5.82. The standard InChI is InChI=1S/C12H16N4OS2.2ClH/c1-2-10-15-8(6-18-10)5-14-12(17)9-7-19-11(16-9)3-4-13;;/h6-7H,2-5,13H2,1H3,(H,14,17);2*1H. The van der Waals surface area contributed by atoms with E-state index < -0.39 is 0 Å². The van der Waals surface area contributed by atoms with Crippen LogP contribution in [-0.4, -0.2) is 22.4 Å². The van der Waals surface area contributed by atoms with Gasteiger partial charge in [-0.2, -0.15) is 0 Å². The molecule has 21 heavy (non-hydrogen) atoms. The van der Waals surface area contributed by atoms with E-state index in [1.165, 1.54) is 11.3 Å². The largest absolute Gasteiger partial charge is 0.345 e. The van der Waals surface area contributed by atoms with E-state index in [0.717, 1.165) is 22.1 Å². The molecule has 3 N–H and O–H groups in total. The number of halogens is 2. The van der Waals surface area contributed by atoms with Gasteiger partial charge >= 0.3 is 0 Å². The van der Waals surface area contributed by atoms with Crippen molar-refractivity contribution >= 4 is 53.4 Å². The average Bonchev–Trinajstić information content (AvgIpc) is 3.05. The number of aryl methyl sites for hydroxylation is 1. The molecule has 0 unspecified atom stereocenters. The van der Waals surface area contributed by atoms with Gasteiger partial charge in [0.05, 0.1) is 22.3 Å². The zero-order valence-electron chi connectivity index (χ0n) is 11.5. The molecule has 0 saturated heterocycles. The molecule has 0 aliphatic rings. The Bertz CT molecular complexity index is 559. The van der Waals surface area contributed by atoms with Crippen LogP contribution in [0.3, 0.4) is 0 Å². The van der Waals surface area contributed by atoms with Crippen molar-refractivity contribution in [2.24, 2.45) is 5.73 Å². The number of nitrogens with two attached hydrogens (primary N) is 1. The summed E-state index contributed by atoms with van der Waals surface area (Å²) in [5, 5.41) is 8.55. The lowest BCUT2D eigenvalue weighted by molar-refractivity contribution is 0.0946. The highest BCUT2D eigenvalue weighted by Crippen LogP contribution is 2.12. The molecule has 0 atom stereocenters. The Morgan fingerprint density at radius 3 is 2.57 bits per heavy atom. The first-order valence-corrected chi connectivity index (χ1v) is 7.84. The lowest BCUT2D eigenvalue weighted by atomic mass is 10.4. The summed E-state index contributed by atoms with van der Waals surface area (Å²) >= 11 is 3.08. The molecule has 0 fully saturated rings. The fraction of sp³-hybridized carbons (Fsp3) is 0.417. The van der Waals surface area contributed by atoms with Gasteiger partial charge in [-0.3, -0.25) is 4.79 Å². The van der Waals surface area contributed by atoms with Crippen LogP contribution in [0, 0.1) is 0 Å². The second kappa shape index (κ2) is 10.1. The van der Waals surface area contributed by atoms with Crippen LogP contribution in [-0.2, 0) is 19.4 Å². The van der Waals surface area contributed by atoms with Crippen LogP contribution in [0.5, 0.6) is 0 Å². The Hall–Kier alpha value is -0.730. The van der Waals surface area contributed by atoms with Gasteiger partial charge in [0.15, 0.2) is 0 Å². The number of hydrogen-bond acceptors (Lipinski definition) is 6. The molecular formula is C12H18Cl2N4OS2. The highest BCUT2D eigenvalue weighted by Gasteiger charge is 2.10. The summed E-state index contributed by atoms with van der Waals surface area (Å²) in [6.45, 7) is 3.06. The summed E-state index contributed by atoms with van der Waals surface area (Å²) in [4.78, 5) is 20.5. The molecule has 2 heterocycles. The Kier molecular flexibility index (Phi) is 9.72. The third-order valence-corrected chi connectivity index (χ3v) is 4.42. The molecule has 2 rings (SSSR count). The van der Waals surface area contributed by atoms with E-state index in [1.807, 2.05) is 5.38 Å². The zero-order valence-corrected chi connectivity index (χ0v) is 14.8. The van der Waals surface area contributed by atoms with E-state index in [2.05, 4.69) is 22.2 Å². The zero-order chi connectivity index (χ0) is 13.7. The van der Waals surface area contributed by atoms with Crippen molar-refractivity contribution in [2.45, 2.75) is 26.3 Å². The smallest absolute Gasteiger partial charge is 0.271 e. The number of nitrogens with one attached hydrogen (secondary N) is 1. The van der Waals surface area contributed by atoms with Crippen LogP contribution in [0.25, 0.3) is 0 Å². The van der Waals surface area contributed by atoms with Gasteiger partial charge < -0.3 is 11.1 Å². The first-order valence-electron chi connectivity index (χ1n) is 6.09. The number of nitrogens with zero attached hydrogens (tertiary/aromatic N) is 2. The molecule has 0 spiro atoms. The maximum absolute atomic E-state index is 11.9. The van der Waals surface area contributed by atoms with Crippen molar-refractivity contribution in [3.05, 3.63) is 32.2 Å². The highest BCUT2D eigenvalue weighted by atomic mass is 35.5. The molecule has 0 aliphatic heterocycles. The van der Waals surface area contributed by atoms with E-state index in [1.54, 1.807) is 16.7 Å². The fourth-order valence-electron chi connectivity index (χ4n) is 1.51. The van der Waals surface area contributed by atoms with Gasteiger partial charge in [0.1, 0.15) is 5.69 Å². The summed E-state index contributed by atoms with van der Waals surface area (Å²) in [5.41, 5.74) is 6.81. The normalized spacial score (nSPS) is 9.62. The quantitative estimate of drug-likeness (QED) is 0.820. The number of amides is 1. The summed E-state index contributed by atoms with van der Waals surface area (Å²) in [6.07, 6.45) is 1.64. The fourth-order valence-corrected chi connectivity index (χ4v) is 3.05. The molecule has 0 aromatic carbocycles.